The van der Waals surface area contributed by atoms with Gasteiger partial charge in [0.1, 0.15) is 11.5 Å². The number of nitrogens with one attached hydrogen (secondary N) is 1. The average molecular weight is 402 g/mol. The van der Waals surface area contributed by atoms with Crippen LogP contribution in [0.25, 0.3) is 0 Å². The first-order chi connectivity index (χ1) is 13.0. The Morgan fingerprint density at radius 1 is 0.963 bits per heavy atom. The van der Waals surface area contributed by atoms with Gasteiger partial charge in [0.05, 0.1) is 17.9 Å². The summed E-state index contributed by atoms with van der Waals surface area (Å²) in [5, 5.41) is 13.4. The van der Waals surface area contributed by atoms with E-state index in [1.807, 2.05) is 30.3 Å². The molecule has 3 rings (SSSR count). The number of benzene rings is 3. The number of carbonyl (C=O) groups is 1. The molecule has 0 aliphatic heterocycles. The highest BCUT2D eigenvalue weighted by Crippen LogP contribution is 2.30. The molecule has 0 saturated heterocycles. The normalized spacial score (nSPS) is 10.4. The SMILES string of the molecule is O=C(Nc1cc(Cl)ccc1OCCc1ccccc1)c1cc(Cl)ccc1O. The van der Waals surface area contributed by atoms with Crippen molar-refractivity contribution in [1.29, 1.82) is 0 Å². The van der Waals surface area contributed by atoms with Crippen molar-refractivity contribution >= 4 is 34.8 Å². The maximum absolute atomic E-state index is 12.5. The zero-order valence-electron chi connectivity index (χ0n) is 14.3. The van der Waals surface area contributed by atoms with Gasteiger partial charge in [-0.15, -0.1) is 0 Å². The molecule has 27 heavy (non-hydrogen) atoms. The second-order valence-corrected chi connectivity index (χ2v) is 6.71. The first kappa shape index (κ1) is 19.1. The second kappa shape index (κ2) is 8.80. The van der Waals surface area contributed by atoms with E-state index < -0.39 is 5.91 Å². The first-order valence-electron chi connectivity index (χ1n) is 8.29. The molecule has 0 aromatic heterocycles. The van der Waals surface area contributed by atoms with E-state index in [4.69, 9.17) is 27.9 Å². The zero-order valence-corrected chi connectivity index (χ0v) is 15.8. The molecule has 0 bridgehead atoms. The molecule has 0 aliphatic rings. The fraction of sp³-hybridized carbons (Fsp3) is 0.0952. The average Bonchev–Trinajstić information content (AvgIpc) is 2.66. The molecular weight excluding hydrogens is 385 g/mol. The van der Waals surface area contributed by atoms with E-state index in [1.54, 1.807) is 18.2 Å². The van der Waals surface area contributed by atoms with Crippen LogP contribution in [0.4, 0.5) is 5.69 Å². The van der Waals surface area contributed by atoms with E-state index >= 15 is 0 Å². The summed E-state index contributed by atoms with van der Waals surface area (Å²) in [6.45, 7) is 0.441. The lowest BCUT2D eigenvalue weighted by atomic mass is 10.1. The molecule has 0 unspecified atom stereocenters. The number of halogens is 2. The third-order valence-electron chi connectivity index (χ3n) is 3.88. The molecule has 0 heterocycles. The smallest absolute Gasteiger partial charge is 0.259 e. The third kappa shape index (κ3) is 5.16. The van der Waals surface area contributed by atoms with Gasteiger partial charge in [0, 0.05) is 16.5 Å². The predicted octanol–water partition coefficient (Wildman–Crippen LogP) is 5.57. The molecule has 138 valence electrons. The van der Waals surface area contributed by atoms with Gasteiger partial charge in [-0.25, -0.2) is 0 Å². The maximum atomic E-state index is 12.5. The minimum Gasteiger partial charge on any atom is -0.507 e. The van der Waals surface area contributed by atoms with E-state index in [-0.39, 0.29) is 11.3 Å². The van der Waals surface area contributed by atoms with Crippen LogP contribution in [0.2, 0.25) is 10.0 Å². The van der Waals surface area contributed by atoms with Crippen molar-refractivity contribution in [1.82, 2.24) is 0 Å². The zero-order chi connectivity index (χ0) is 19.2. The Hall–Kier alpha value is -2.69. The van der Waals surface area contributed by atoms with Gasteiger partial charge in [-0.2, -0.15) is 0 Å². The van der Waals surface area contributed by atoms with Crippen molar-refractivity contribution in [3.63, 3.8) is 0 Å². The van der Waals surface area contributed by atoms with Crippen molar-refractivity contribution in [2.45, 2.75) is 6.42 Å². The number of amides is 1. The van der Waals surface area contributed by atoms with Gasteiger partial charge < -0.3 is 15.2 Å². The number of anilines is 1. The Labute approximate surface area is 167 Å². The van der Waals surface area contributed by atoms with Crippen molar-refractivity contribution < 1.29 is 14.6 Å². The van der Waals surface area contributed by atoms with Crippen LogP contribution in [0, 0.1) is 0 Å². The fourth-order valence-electron chi connectivity index (χ4n) is 2.53. The minimum atomic E-state index is -0.509. The molecule has 0 saturated carbocycles. The summed E-state index contributed by atoms with van der Waals surface area (Å²) in [6, 6.07) is 19.2. The number of carbonyl (C=O) groups excluding carboxylic acids is 1. The molecule has 0 spiro atoms. The number of aromatic hydroxyl groups is 1. The van der Waals surface area contributed by atoms with Gasteiger partial charge in [-0.1, -0.05) is 53.5 Å². The standard InChI is InChI=1S/C21H17Cl2NO3/c22-15-6-8-19(25)17(12-15)21(26)24-18-13-16(23)7-9-20(18)27-11-10-14-4-2-1-3-5-14/h1-9,12-13,25H,10-11H2,(H,24,26). The van der Waals surface area contributed by atoms with E-state index in [0.29, 0.717) is 28.1 Å². The van der Waals surface area contributed by atoms with Gasteiger partial charge >= 0.3 is 0 Å². The molecule has 0 fully saturated rings. The molecule has 3 aromatic carbocycles. The molecule has 0 aliphatic carbocycles. The summed E-state index contributed by atoms with van der Waals surface area (Å²) in [7, 11) is 0. The predicted molar refractivity (Wildman–Crippen MR) is 108 cm³/mol. The molecule has 2 N–H and O–H groups in total. The number of phenolic OH excluding ortho intramolecular Hbond substituents is 1. The van der Waals surface area contributed by atoms with E-state index in [9.17, 15) is 9.90 Å². The Balaban J connectivity index is 1.73. The Morgan fingerprint density at radius 2 is 1.67 bits per heavy atom. The van der Waals surface area contributed by atoms with Crippen molar-refractivity contribution in [3.8, 4) is 11.5 Å². The molecule has 0 radical (unpaired) electrons. The molecule has 4 nitrogen and oxygen atoms in total. The minimum absolute atomic E-state index is 0.0673. The summed E-state index contributed by atoms with van der Waals surface area (Å²) in [5.41, 5.74) is 1.64. The van der Waals surface area contributed by atoms with Gasteiger partial charge in [-0.3, -0.25) is 4.79 Å². The highest BCUT2D eigenvalue weighted by molar-refractivity contribution is 6.31. The van der Waals surface area contributed by atoms with Crippen LogP contribution in [-0.2, 0) is 6.42 Å². The van der Waals surface area contributed by atoms with Crippen LogP contribution in [0.1, 0.15) is 15.9 Å². The van der Waals surface area contributed by atoms with E-state index in [0.717, 1.165) is 12.0 Å². The molecule has 3 aromatic rings. The highest BCUT2D eigenvalue weighted by atomic mass is 35.5. The summed E-state index contributed by atoms with van der Waals surface area (Å²) in [4.78, 5) is 12.5. The van der Waals surface area contributed by atoms with Crippen LogP contribution in [0.5, 0.6) is 11.5 Å². The van der Waals surface area contributed by atoms with Crippen LogP contribution < -0.4 is 10.1 Å². The lowest BCUT2D eigenvalue weighted by Gasteiger charge is -2.14. The highest BCUT2D eigenvalue weighted by Gasteiger charge is 2.15. The van der Waals surface area contributed by atoms with Crippen molar-refractivity contribution in [3.05, 3.63) is 87.9 Å². The molecule has 0 atom stereocenters. The monoisotopic (exact) mass is 401 g/mol. The first-order valence-corrected chi connectivity index (χ1v) is 9.04. The Bertz CT molecular complexity index is 945. The number of rotatable bonds is 6. The summed E-state index contributed by atoms with van der Waals surface area (Å²) in [6.07, 6.45) is 0.728. The number of ether oxygens (including phenoxy) is 1. The maximum Gasteiger partial charge on any atom is 0.259 e. The van der Waals surface area contributed by atoms with Crippen molar-refractivity contribution in [2.75, 3.05) is 11.9 Å². The van der Waals surface area contributed by atoms with Crippen LogP contribution >= 0.6 is 23.2 Å². The van der Waals surface area contributed by atoms with Crippen LogP contribution in [0.3, 0.4) is 0 Å². The van der Waals surface area contributed by atoms with Gasteiger partial charge in [0.25, 0.3) is 5.91 Å². The fourth-order valence-corrected chi connectivity index (χ4v) is 2.87. The van der Waals surface area contributed by atoms with Crippen LogP contribution in [0.15, 0.2) is 66.7 Å². The number of hydrogen-bond donors (Lipinski definition) is 2. The lowest BCUT2D eigenvalue weighted by molar-refractivity contribution is 0.102. The quantitative estimate of drug-likeness (QED) is 0.567. The topological polar surface area (TPSA) is 58.6 Å². The van der Waals surface area contributed by atoms with E-state index in [2.05, 4.69) is 5.32 Å². The molecular formula is C21H17Cl2NO3. The summed E-state index contributed by atoms with van der Waals surface area (Å²) >= 11 is 12.0. The van der Waals surface area contributed by atoms with Gasteiger partial charge in [-0.05, 0) is 42.0 Å². The molecule has 1 amide bonds. The Morgan fingerprint density at radius 3 is 2.44 bits per heavy atom. The van der Waals surface area contributed by atoms with Crippen LogP contribution in [-0.4, -0.2) is 17.6 Å². The number of phenols is 1. The van der Waals surface area contributed by atoms with Gasteiger partial charge in [0.2, 0.25) is 0 Å². The van der Waals surface area contributed by atoms with E-state index in [1.165, 1.54) is 18.2 Å². The van der Waals surface area contributed by atoms with Gasteiger partial charge in [0.15, 0.2) is 0 Å². The summed E-state index contributed by atoms with van der Waals surface area (Å²) < 4.78 is 5.82. The molecule has 6 heteroatoms. The number of hydrogen-bond acceptors (Lipinski definition) is 3. The summed E-state index contributed by atoms with van der Waals surface area (Å²) in [5.74, 6) is -0.180. The van der Waals surface area contributed by atoms with Crippen molar-refractivity contribution in [2.24, 2.45) is 0 Å². The lowest BCUT2D eigenvalue weighted by Crippen LogP contribution is -2.13. The largest absolute Gasteiger partial charge is 0.507 e. The third-order valence-corrected chi connectivity index (χ3v) is 4.35. The Kier molecular flexibility index (Phi) is 6.22. The second-order valence-electron chi connectivity index (χ2n) is 5.84.